The summed E-state index contributed by atoms with van der Waals surface area (Å²) in [7, 11) is 4.16. The van der Waals surface area contributed by atoms with Crippen LogP contribution >= 0.6 is 6.19 Å². The van der Waals surface area contributed by atoms with E-state index in [-0.39, 0.29) is 0 Å². The van der Waals surface area contributed by atoms with Gasteiger partial charge in [0.2, 0.25) is 0 Å². The lowest BCUT2D eigenvalue weighted by atomic mass is 10.4. The number of hydrogen-bond donors (Lipinski definition) is 0. The van der Waals surface area contributed by atoms with E-state index < -0.39 is 6.19 Å². The summed E-state index contributed by atoms with van der Waals surface area (Å²) in [6, 6.07) is 10.5. The van der Waals surface area contributed by atoms with E-state index in [1.807, 2.05) is 6.07 Å². The predicted molar refractivity (Wildman–Crippen MR) is 64.6 cm³/mol. The summed E-state index contributed by atoms with van der Waals surface area (Å²) in [6.07, 6.45) is -0.403. The van der Waals surface area contributed by atoms with Crippen molar-refractivity contribution in [2.45, 2.75) is 6.92 Å². The van der Waals surface area contributed by atoms with Crippen LogP contribution in [0.3, 0.4) is 0 Å². The Balaban J connectivity index is 3.12. The van der Waals surface area contributed by atoms with Crippen molar-refractivity contribution in [3.63, 3.8) is 0 Å². The Bertz CT molecular complexity index is 308. The number of nitrogens with zero attached hydrogens (tertiary/aromatic N) is 1. The Morgan fingerprint density at radius 3 is 2.15 bits per heavy atom. The van der Waals surface area contributed by atoms with Crippen LogP contribution < -0.4 is 5.30 Å². The average Bonchev–Trinajstić information content (AvgIpc) is 2.17. The molecule has 0 aliphatic carbocycles. The van der Waals surface area contributed by atoms with Gasteiger partial charge in [0.15, 0.2) is 0 Å². The molecule has 0 saturated heterocycles. The molecule has 0 N–H and O–H groups in total. The van der Waals surface area contributed by atoms with Crippen LogP contribution in [0.2, 0.25) is 0 Å². The van der Waals surface area contributed by atoms with Gasteiger partial charge in [0.25, 0.3) is 0 Å². The summed E-state index contributed by atoms with van der Waals surface area (Å²) in [4.78, 5) is 0. The molecule has 0 spiro atoms. The summed E-state index contributed by atoms with van der Waals surface area (Å²) in [5.41, 5.74) is 0. The molecule has 1 rings (SSSR count). The fourth-order valence-electron chi connectivity index (χ4n) is 1.36. The van der Waals surface area contributed by atoms with Gasteiger partial charge in [0, 0.05) is 6.19 Å². The first-order valence-electron chi connectivity index (χ1n) is 4.43. The summed E-state index contributed by atoms with van der Waals surface area (Å²) in [5, 5.41) is 1.32. The zero-order chi connectivity index (χ0) is 9.90. The monoisotopic (exact) mass is 213 g/mol. The Morgan fingerprint density at radius 1 is 1.23 bits per heavy atom. The first-order valence-corrected chi connectivity index (χ1v) is 7.37. The van der Waals surface area contributed by atoms with Gasteiger partial charge in [-0.15, -0.1) is 0 Å². The van der Waals surface area contributed by atoms with Gasteiger partial charge >= 0.3 is 0 Å². The molecular formula is C10H16NPS. The first kappa shape index (κ1) is 10.9. The Labute approximate surface area is 85.8 Å². The van der Waals surface area contributed by atoms with E-state index in [2.05, 4.69) is 50.0 Å². The van der Waals surface area contributed by atoms with Gasteiger partial charge in [-0.1, -0.05) is 49.1 Å². The van der Waals surface area contributed by atoms with Gasteiger partial charge in [0.1, 0.15) is 0 Å². The van der Waals surface area contributed by atoms with E-state index >= 15 is 0 Å². The third kappa shape index (κ3) is 2.19. The number of hydrogen-bond acceptors (Lipinski definition) is 1. The van der Waals surface area contributed by atoms with Gasteiger partial charge in [-0.2, -0.15) is 0 Å². The topological polar surface area (TPSA) is 3.24 Å². The maximum Gasteiger partial charge on any atom is 0.0421 e. The highest BCUT2D eigenvalue weighted by Gasteiger charge is 2.18. The SMILES string of the molecule is CCP(=S)(c1ccccc1)N(C)C. The quantitative estimate of drug-likeness (QED) is 0.709. The van der Waals surface area contributed by atoms with Gasteiger partial charge in [-0.25, -0.2) is 0 Å². The maximum atomic E-state index is 5.73. The van der Waals surface area contributed by atoms with Crippen LogP contribution in [0.4, 0.5) is 0 Å². The Kier molecular flexibility index (Phi) is 3.66. The lowest BCUT2D eigenvalue weighted by Crippen LogP contribution is -2.19. The second kappa shape index (κ2) is 4.36. The molecule has 72 valence electrons. The summed E-state index contributed by atoms with van der Waals surface area (Å²) in [6.45, 7) is 2.17. The summed E-state index contributed by atoms with van der Waals surface area (Å²) in [5.74, 6) is 0. The lowest BCUT2D eigenvalue weighted by Gasteiger charge is -2.28. The summed E-state index contributed by atoms with van der Waals surface area (Å²) >= 11 is 5.73. The molecule has 1 aromatic rings. The van der Waals surface area contributed by atoms with Crippen LogP contribution in [0.25, 0.3) is 0 Å². The van der Waals surface area contributed by atoms with Crippen molar-refractivity contribution in [1.82, 2.24) is 4.67 Å². The van der Waals surface area contributed by atoms with E-state index in [1.54, 1.807) is 0 Å². The summed E-state index contributed by atoms with van der Waals surface area (Å²) < 4.78 is 2.21. The molecule has 1 atom stereocenters. The van der Waals surface area contributed by atoms with Crippen LogP contribution in [0.15, 0.2) is 30.3 Å². The predicted octanol–water partition coefficient (Wildman–Crippen LogP) is 2.29. The van der Waals surface area contributed by atoms with E-state index in [4.69, 9.17) is 11.8 Å². The minimum absolute atomic E-state index is 1.05. The van der Waals surface area contributed by atoms with Crippen LogP contribution in [0.1, 0.15) is 6.92 Å². The average molecular weight is 213 g/mol. The number of rotatable bonds is 3. The van der Waals surface area contributed by atoms with Crippen molar-refractivity contribution in [1.29, 1.82) is 0 Å². The van der Waals surface area contributed by atoms with E-state index in [9.17, 15) is 0 Å². The third-order valence-electron chi connectivity index (χ3n) is 2.23. The van der Waals surface area contributed by atoms with E-state index in [0.29, 0.717) is 0 Å². The highest BCUT2D eigenvalue weighted by atomic mass is 32.4. The standard InChI is InChI=1S/C10H16NPS/c1-4-12(13,11(2)3)10-8-6-5-7-9-10/h5-9H,4H2,1-3H3. The molecule has 3 heteroatoms. The molecule has 0 amide bonds. The zero-order valence-corrected chi connectivity index (χ0v) is 10.1. The molecule has 1 unspecified atom stereocenters. The molecule has 13 heavy (non-hydrogen) atoms. The van der Waals surface area contributed by atoms with Gasteiger partial charge in [-0.3, -0.25) is 4.67 Å². The second-order valence-corrected chi connectivity index (χ2v) is 8.36. The van der Waals surface area contributed by atoms with E-state index in [1.165, 1.54) is 5.30 Å². The Morgan fingerprint density at radius 2 is 1.77 bits per heavy atom. The minimum atomic E-state index is -1.46. The van der Waals surface area contributed by atoms with Crippen molar-refractivity contribution in [2.75, 3.05) is 20.3 Å². The molecule has 0 aliphatic heterocycles. The van der Waals surface area contributed by atoms with Gasteiger partial charge in [-0.05, 0) is 25.6 Å². The van der Waals surface area contributed by atoms with Crippen molar-refractivity contribution >= 4 is 23.3 Å². The fourth-order valence-corrected chi connectivity index (χ4v) is 3.75. The molecule has 0 radical (unpaired) electrons. The third-order valence-corrected chi connectivity index (χ3v) is 7.88. The fraction of sp³-hybridized carbons (Fsp3) is 0.400. The largest absolute Gasteiger partial charge is 0.278 e. The normalized spacial score (nSPS) is 15.7. The smallest absolute Gasteiger partial charge is 0.0421 e. The maximum absolute atomic E-state index is 5.73. The van der Waals surface area contributed by atoms with Crippen LogP contribution in [0.5, 0.6) is 0 Å². The lowest BCUT2D eigenvalue weighted by molar-refractivity contribution is 0.681. The second-order valence-electron chi connectivity index (χ2n) is 3.20. The molecule has 1 aromatic carbocycles. The molecule has 0 fully saturated rings. The van der Waals surface area contributed by atoms with Crippen molar-refractivity contribution in [3.8, 4) is 0 Å². The van der Waals surface area contributed by atoms with Crippen molar-refractivity contribution in [2.24, 2.45) is 0 Å². The van der Waals surface area contributed by atoms with Crippen LogP contribution in [-0.4, -0.2) is 24.9 Å². The first-order chi connectivity index (χ1) is 6.11. The molecule has 0 saturated carbocycles. The molecular weight excluding hydrogens is 197 g/mol. The van der Waals surface area contributed by atoms with Crippen molar-refractivity contribution < 1.29 is 0 Å². The van der Waals surface area contributed by atoms with Gasteiger partial charge in [0.05, 0.1) is 0 Å². The molecule has 0 aromatic heterocycles. The molecule has 1 nitrogen and oxygen atoms in total. The van der Waals surface area contributed by atoms with Crippen LogP contribution in [0, 0.1) is 0 Å². The van der Waals surface area contributed by atoms with Gasteiger partial charge < -0.3 is 0 Å². The highest BCUT2D eigenvalue weighted by Crippen LogP contribution is 2.45. The zero-order valence-electron chi connectivity index (χ0n) is 8.40. The molecule has 0 aliphatic rings. The molecule has 0 heterocycles. The Hall–Kier alpha value is -0.170. The van der Waals surface area contributed by atoms with Crippen LogP contribution in [-0.2, 0) is 11.8 Å². The van der Waals surface area contributed by atoms with Crippen molar-refractivity contribution in [3.05, 3.63) is 30.3 Å². The number of benzene rings is 1. The highest BCUT2D eigenvalue weighted by molar-refractivity contribution is 8.17. The minimum Gasteiger partial charge on any atom is -0.278 e. The molecule has 0 bridgehead atoms. The van der Waals surface area contributed by atoms with E-state index in [0.717, 1.165) is 6.16 Å².